The molecule has 3 aromatic rings. The highest BCUT2D eigenvalue weighted by atomic mass is 16.5. The number of fused-ring (bicyclic) bond motifs is 1. The van der Waals surface area contributed by atoms with Crippen molar-refractivity contribution in [2.24, 2.45) is 0 Å². The van der Waals surface area contributed by atoms with E-state index in [9.17, 15) is 9.59 Å². The van der Waals surface area contributed by atoms with Crippen molar-refractivity contribution >= 4 is 22.8 Å². The van der Waals surface area contributed by atoms with E-state index in [2.05, 4.69) is 10.1 Å². The fourth-order valence-corrected chi connectivity index (χ4v) is 2.44. The van der Waals surface area contributed by atoms with Gasteiger partial charge in [-0.25, -0.2) is 4.79 Å². The first kappa shape index (κ1) is 15.8. The molecule has 5 heteroatoms. The van der Waals surface area contributed by atoms with Gasteiger partial charge in [0, 0.05) is 10.9 Å². The molecule has 0 aliphatic heterocycles. The third kappa shape index (κ3) is 3.15. The van der Waals surface area contributed by atoms with Crippen molar-refractivity contribution in [3.8, 4) is 0 Å². The molecule has 3 rings (SSSR count). The first-order chi connectivity index (χ1) is 11.6. The Morgan fingerprint density at radius 3 is 2.38 bits per heavy atom. The summed E-state index contributed by atoms with van der Waals surface area (Å²) in [6, 6.07) is 15.6. The van der Waals surface area contributed by atoms with Crippen LogP contribution in [-0.4, -0.2) is 19.0 Å². The van der Waals surface area contributed by atoms with Gasteiger partial charge in [-0.05, 0) is 43.3 Å². The maximum Gasteiger partial charge on any atom is 0.337 e. The summed E-state index contributed by atoms with van der Waals surface area (Å²) in [5.41, 5.74) is 1.65. The Kier molecular flexibility index (Phi) is 4.33. The number of esters is 1. The Morgan fingerprint density at radius 2 is 1.71 bits per heavy atom. The van der Waals surface area contributed by atoms with E-state index in [1.54, 1.807) is 24.3 Å². The largest absolute Gasteiger partial charge is 0.465 e. The minimum Gasteiger partial charge on any atom is -0.465 e. The molecular weight excluding hydrogens is 306 g/mol. The SMILES string of the molecule is COC(=O)c1ccc(C(=O)N[C@@H](C)c2cc3ccccc3o2)cc1. The zero-order valence-electron chi connectivity index (χ0n) is 13.4. The van der Waals surface area contributed by atoms with Gasteiger partial charge in [-0.2, -0.15) is 0 Å². The molecule has 1 aromatic heterocycles. The standard InChI is InChI=1S/C19H17NO4/c1-12(17-11-15-5-3-4-6-16(15)24-17)20-18(21)13-7-9-14(10-8-13)19(22)23-2/h3-12H,1-2H3,(H,20,21)/t12-/m0/s1. The third-order valence-electron chi connectivity index (χ3n) is 3.79. The molecule has 2 aromatic carbocycles. The van der Waals surface area contributed by atoms with Crippen LogP contribution < -0.4 is 5.32 Å². The number of methoxy groups -OCH3 is 1. The zero-order valence-corrected chi connectivity index (χ0v) is 13.4. The van der Waals surface area contributed by atoms with Gasteiger partial charge in [-0.3, -0.25) is 4.79 Å². The van der Waals surface area contributed by atoms with Crippen LogP contribution in [0.2, 0.25) is 0 Å². The average molecular weight is 323 g/mol. The molecule has 0 aliphatic rings. The number of carbonyl (C=O) groups is 2. The molecule has 0 fully saturated rings. The predicted molar refractivity (Wildman–Crippen MR) is 89.9 cm³/mol. The molecule has 1 amide bonds. The van der Waals surface area contributed by atoms with E-state index in [-0.39, 0.29) is 11.9 Å². The quantitative estimate of drug-likeness (QED) is 0.743. The molecule has 1 N–H and O–H groups in total. The Labute approximate surface area is 139 Å². The fraction of sp³-hybridized carbons (Fsp3) is 0.158. The van der Waals surface area contributed by atoms with E-state index in [4.69, 9.17) is 4.42 Å². The van der Waals surface area contributed by atoms with E-state index in [0.717, 1.165) is 11.0 Å². The highest BCUT2D eigenvalue weighted by Crippen LogP contribution is 2.23. The normalized spacial score (nSPS) is 11.9. The van der Waals surface area contributed by atoms with E-state index in [1.807, 2.05) is 37.3 Å². The Balaban J connectivity index is 1.72. The number of carbonyl (C=O) groups excluding carboxylic acids is 2. The Bertz CT molecular complexity index is 847. The van der Waals surface area contributed by atoms with Gasteiger partial charge >= 0.3 is 5.97 Å². The summed E-state index contributed by atoms with van der Waals surface area (Å²) in [4.78, 5) is 23.7. The Hall–Kier alpha value is -3.08. The van der Waals surface area contributed by atoms with Crippen LogP contribution in [-0.2, 0) is 4.74 Å². The average Bonchev–Trinajstić information content (AvgIpc) is 3.05. The molecule has 0 saturated carbocycles. The highest BCUT2D eigenvalue weighted by molar-refractivity contribution is 5.96. The van der Waals surface area contributed by atoms with Gasteiger partial charge < -0.3 is 14.5 Å². The van der Waals surface area contributed by atoms with Crippen molar-refractivity contribution in [2.75, 3.05) is 7.11 Å². The van der Waals surface area contributed by atoms with Gasteiger partial charge in [0.1, 0.15) is 11.3 Å². The third-order valence-corrected chi connectivity index (χ3v) is 3.79. The number of hydrogen-bond acceptors (Lipinski definition) is 4. The van der Waals surface area contributed by atoms with Crippen molar-refractivity contribution in [2.45, 2.75) is 13.0 Å². The summed E-state index contributed by atoms with van der Waals surface area (Å²) in [5.74, 6) is 0.0210. The molecular formula is C19H17NO4. The van der Waals surface area contributed by atoms with Gasteiger partial charge in [0.25, 0.3) is 5.91 Å². The van der Waals surface area contributed by atoms with Gasteiger partial charge in [-0.1, -0.05) is 18.2 Å². The maximum atomic E-state index is 12.3. The van der Waals surface area contributed by atoms with Crippen LogP contribution in [0.1, 0.15) is 39.4 Å². The van der Waals surface area contributed by atoms with Crippen molar-refractivity contribution < 1.29 is 18.7 Å². The summed E-state index contributed by atoms with van der Waals surface area (Å²) >= 11 is 0. The van der Waals surface area contributed by atoms with Crippen LogP contribution in [0, 0.1) is 0 Å². The molecule has 0 saturated heterocycles. The lowest BCUT2D eigenvalue weighted by atomic mass is 10.1. The zero-order chi connectivity index (χ0) is 17.1. The molecule has 0 unspecified atom stereocenters. The van der Waals surface area contributed by atoms with Crippen LogP contribution in [0.15, 0.2) is 59.0 Å². The summed E-state index contributed by atoms with van der Waals surface area (Å²) < 4.78 is 10.4. The first-order valence-corrected chi connectivity index (χ1v) is 7.56. The highest BCUT2D eigenvalue weighted by Gasteiger charge is 2.16. The molecule has 1 atom stereocenters. The molecule has 0 aliphatic carbocycles. The second kappa shape index (κ2) is 6.58. The molecule has 0 radical (unpaired) electrons. The minimum absolute atomic E-state index is 0.237. The number of amides is 1. The summed E-state index contributed by atoms with van der Waals surface area (Å²) in [5, 5.41) is 3.88. The summed E-state index contributed by atoms with van der Waals surface area (Å²) in [6.45, 7) is 1.86. The number of para-hydroxylation sites is 1. The molecule has 0 bridgehead atoms. The first-order valence-electron chi connectivity index (χ1n) is 7.56. The number of nitrogens with one attached hydrogen (secondary N) is 1. The molecule has 24 heavy (non-hydrogen) atoms. The number of ether oxygens (including phenoxy) is 1. The van der Waals surface area contributed by atoms with E-state index < -0.39 is 5.97 Å². The topological polar surface area (TPSA) is 68.5 Å². The van der Waals surface area contributed by atoms with Crippen molar-refractivity contribution in [1.82, 2.24) is 5.32 Å². The van der Waals surface area contributed by atoms with Crippen LogP contribution in [0.25, 0.3) is 11.0 Å². The van der Waals surface area contributed by atoms with Crippen molar-refractivity contribution in [1.29, 1.82) is 0 Å². The van der Waals surface area contributed by atoms with Gasteiger partial charge in [0.05, 0.1) is 18.7 Å². The molecule has 1 heterocycles. The second-order valence-electron chi connectivity index (χ2n) is 5.45. The van der Waals surface area contributed by atoms with Gasteiger partial charge in [0.15, 0.2) is 0 Å². The van der Waals surface area contributed by atoms with Gasteiger partial charge in [-0.15, -0.1) is 0 Å². The summed E-state index contributed by atoms with van der Waals surface area (Å²) in [6.07, 6.45) is 0. The minimum atomic E-state index is -0.433. The van der Waals surface area contributed by atoms with Crippen molar-refractivity contribution in [3.63, 3.8) is 0 Å². The molecule has 0 spiro atoms. The number of rotatable bonds is 4. The molecule has 5 nitrogen and oxygen atoms in total. The van der Waals surface area contributed by atoms with E-state index in [0.29, 0.717) is 16.9 Å². The van der Waals surface area contributed by atoms with Gasteiger partial charge in [0.2, 0.25) is 0 Å². The van der Waals surface area contributed by atoms with Crippen LogP contribution in [0.4, 0.5) is 0 Å². The lowest BCUT2D eigenvalue weighted by Gasteiger charge is -2.11. The maximum absolute atomic E-state index is 12.3. The van der Waals surface area contributed by atoms with Crippen LogP contribution >= 0.6 is 0 Å². The number of hydrogen-bond donors (Lipinski definition) is 1. The number of benzene rings is 2. The molecule has 122 valence electrons. The smallest absolute Gasteiger partial charge is 0.337 e. The van der Waals surface area contributed by atoms with Crippen LogP contribution in [0.5, 0.6) is 0 Å². The van der Waals surface area contributed by atoms with E-state index in [1.165, 1.54) is 7.11 Å². The lowest BCUT2D eigenvalue weighted by Crippen LogP contribution is -2.26. The lowest BCUT2D eigenvalue weighted by molar-refractivity contribution is 0.0600. The second-order valence-corrected chi connectivity index (χ2v) is 5.45. The van der Waals surface area contributed by atoms with Crippen molar-refractivity contribution in [3.05, 3.63) is 71.5 Å². The predicted octanol–water partition coefficient (Wildman–Crippen LogP) is 3.71. The van der Waals surface area contributed by atoms with Crippen LogP contribution in [0.3, 0.4) is 0 Å². The van der Waals surface area contributed by atoms with E-state index >= 15 is 0 Å². The monoisotopic (exact) mass is 323 g/mol. The fourth-order valence-electron chi connectivity index (χ4n) is 2.44. The summed E-state index contributed by atoms with van der Waals surface area (Å²) in [7, 11) is 1.32. The number of furan rings is 1. The Morgan fingerprint density at radius 1 is 1.04 bits per heavy atom.